The van der Waals surface area contributed by atoms with E-state index < -0.39 is 5.97 Å². The van der Waals surface area contributed by atoms with E-state index in [0.29, 0.717) is 6.61 Å². The standard InChI is InChI=1S/C6H10O4/c1-3-6(7)10-9-5-4-8-2/h3H,1,4-5H2,2H3. The zero-order chi connectivity index (χ0) is 7.82. The molecule has 0 aliphatic carbocycles. The van der Waals surface area contributed by atoms with Gasteiger partial charge >= 0.3 is 5.97 Å². The lowest BCUT2D eigenvalue weighted by Gasteiger charge is -1.98. The molecular weight excluding hydrogens is 136 g/mol. The fourth-order valence-electron chi connectivity index (χ4n) is 0.251. The molecule has 0 aromatic carbocycles. The highest BCUT2D eigenvalue weighted by atomic mass is 17.2. The first-order valence-electron chi connectivity index (χ1n) is 2.76. The van der Waals surface area contributed by atoms with Crippen LogP contribution in [0, 0.1) is 0 Å². The third kappa shape index (κ3) is 5.27. The Morgan fingerprint density at radius 3 is 2.80 bits per heavy atom. The van der Waals surface area contributed by atoms with Gasteiger partial charge in [-0.2, -0.15) is 4.89 Å². The summed E-state index contributed by atoms with van der Waals surface area (Å²) < 4.78 is 4.62. The summed E-state index contributed by atoms with van der Waals surface area (Å²) in [7, 11) is 1.53. The zero-order valence-corrected chi connectivity index (χ0v) is 5.83. The summed E-state index contributed by atoms with van der Waals surface area (Å²) in [5.41, 5.74) is 0. The van der Waals surface area contributed by atoms with Gasteiger partial charge in [0.1, 0.15) is 6.61 Å². The van der Waals surface area contributed by atoms with Crippen molar-refractivity contribution in [3.8, 4) is 0 Å². The number of carbonyl (C=O) groups excluding carboxylic acids is 1. The Kier molecular flexibility index (Phi) is 5.71. The van der Waals surface area contributed by atoms with Gasteiger partial charge in [-0.3, -0.25) is 4.89 Å². The molecule has 0 aliphatic rings. The van der Waals surface area contributed by atoms with Crippen LogP contribution in [0.2, 0.25) is 0 Å². The van der Waals surface area contributed by atoms with Crippen LogP contribution in [-0.4, -0.2) is 26.3 Å². The van der Waals surface area contributed by atoms with E-state index in [9.17, 15) is 4.79 Å². The van der Waals surface area contributed by atoms with Crippen molar-refractivity contribution in [3.63, 3.8) is 0 Å². The molecule has 0 saturated heterocycles. The second-order valence-electron chi connectivity index (χ2n) is 1.42. The smallest absolute Gasteiger partial charge is 0.365 e. The van der Waals surface area contributed by atoms with Gasteiger partial charge in [0.05, 0.1) is 6.61 Å². The Morgan fingerprint density at radius 2 is 2.30 bits per heavy atom. The normalized spacial score (nSPS) is 8.90. The Balaban J connectivity index is 3.03. The van der Waals surface area contributed by atoms with Crippen LogP contribution in [0.5, 0.6) is 0 Å². The summed E-state index contributed by atoms with van der Waals surface area (Å²) in [6.07, 6.45) is 1.02. The Bertz CT molecular complexity index is 110. The molecule has 0 rings (SSSR count). The number of hydrogen-bond donors (Lipinski definition) is 0. The average molecular weight is 146 g/mol. The quantitative estimate of drug-likeness (QED) is 0.242. The van der Waals surface area contributed by atoms with Crippen molar-refractivity contribution in [3.05, 3.63) is 12.7 Å². The van der Waals surface area contributed by atoms with Gasteiger partial charge in [-0.05, 0) is 0 Å². The van der Waals surface area contributed by atoms with Crippen molar-refractivity contribution >= 4 is 5.97 Å². The van der Waals surface area contributed by atoms with Gasteiger partial charge < -0.3 is 4.74 Å². The maximum absolute atomic E-state index is 10.3. The van der Waals surface area contributed by atoms with Crippen molar-refractivity contribution in [2.45, 2.75) is 0 Å². The summed E-state index contributed by atoms with van der Waals surface area (Å²) in [4.78, 5) is 18.8. The van der Waals surface area contributed by atoms with E-state index in [-0.39, 0.29) is 6.61 Å². The van der Waals surface area contributed by atoms with Gasteiger partial charge in [-0.15, -0.1) is 0 Å². The van der Waals surface area contributed by atoms with Gasteiger partial charge in [-0.1, -0.05) is 6.58 Å². The third-order valence-corrected chi connectivity index (χ3v) is 0.679. The first kappa shape index (κ1) is 9.13. The van der Waals surface area contributed by atoms with Gasteiger partial charge in [0.2, 0.25) is 0 Å². The van der Waals surface area contributed by atoms with Crippen LogP contribution in [0.25, 0.3) is 0 Å². The number of hydrogen-bond acceptors (Lipinski definition) is 4. The maximum Gasteiger partial charge on any atom is 0.365 e. The van der Waals surface area contributed by atoms with Crippen molar-refractivity contribution in [2.75, 3.05) is 20.3 Å². The highest BCUT2D eigenvalue weighted by Crippen LogP contribution is 1.81. The van der Waals surface area contributed by atoms with Gasteiger partial charge in [0.15, 0.2) is 0 Å². The highest BCUT2D eigenvalue weighted by Gasteiger charge is 1.94. The lowest BCUT2D eigenvalue weighted by molar-refractivity contribution is -0.270. The van der Waals surface area contributed by atoms with Crippen LogP contribution in [-0.2, 0) is 19.3 Å². The van der Waals surface area contributed by atoms with Crippen LogP contribution < -0.4 is 0 Å². The van der Waals surface area contributed by atoms with Crippen LogP contribution in [0.4, 0.5) is 0 Å². The van der Waals surface area contributed by atoms with Gasteiger partial charge in [-0.25, -0.2) is 4.79 Å². The van der Waals surface area contributed by atoms with E-state index in [1.54, 1.807) is 0 Å². The summed E-state index contributed by atoms with van der Waals surface area (Å²) in [5, 5.41) is 0. The fraction of sp³-hybridized carbons (Fsp3) is 0.500. The van der Waals surface area contributed by atoms with Crippen molar-refractivity contribution in [1.82, 2.24) is 0 Å². The maximum atomic E-state index is 10.3. The zero-order valence-electron chi connectivity index (χ0n) is 5.83. The molecule has 0 amide bonds. The predicted molar refractivity (Wildman–Crippen MR) is 34.1 cm³/mol. The fourth-order valence-corrected chi connectivity index (χ4v) is 0.251. The summed E-state index contributed by atoms with van der Waals surface area (Å²) >= 11 is 0. The number of rotatable bonds is 5. The lowest BCUT2D eigenvalue weighted by Crippen LogP contribution is -2.06. The van der Waals surface area contributed by atoms with Crippen LogP contribution in [0.1, 0.15) is 0 Å². The summed E-state index contributed by atoms with van der Waals surface area (Å²) in [5.74, 6) is -0.601. The van der Waals surface area contributed by atoms with Crippen molar-refractivity contribution < 1.29 is 19.3 Å². The van der Waals surface area contributed by atoms with Crippen molar-refractivity contribution in [1.29, 1.82) is 0 Å². The van der Waals surface area contributed by atoms with E-state index in [4.69, 9.17) is 0 Å². The van der Waals surface area contributed by atoms with Crippen LogP contribution in [0.3, 0.4) is 0 Å². The molecule has 0 spiro atoms. The SMILES string of the molecule is C=CC(=O)OOCCOC. The molecule has 0 N–H and O–H groups in total. The minimum atomic E-state index is -0.601. The molecule has 0 bridgehead atoms. The predicted octanol–water partition coefficient (Wildman–Crippen LogP) is 0.294. The van der Waals surface area contributed by atoms with Gasteiger partial charge in [0, 0.05) is 13.2 Å². The van der Waals surface area contributed by atoms with Crippen LogP contribution in [0.15, 0.2) is 12.7 Å². The molecule has 4 heteroatoms. The van der Waals surface area contributed by atoms with E-state index in [1.165, 1.54) is 7.11 Å². The molecule has 0 unspecified atom stereocenters. The first-order chi connectivity index (χ1) is 4.81. The largest absolute Gasteiger partial charge is 0.382 e. The molecule has 58 valence electrons. The average Bonchev–Trinajstić information content (AvgIpc) is 1.98. The molecule has 10 heavy (non-hydrogen) atoms. The Hall–Kier alpha value is -0.870. The Labute approximate surface area is 59.3 Å². The third-order valence-electron chi connectivity index (χ3n) is 0.679. The minimum Gasteiger partial charge on any atom is -0.382 e. The monoisotopic (exact) mass is 146 g/mol. The molecule has 0 radical (unpaired) electrons. The molecule has 0 aliphatic heterocycles. The van der Waals surface area contributed by atoms with E-state index in [1.807, 2.05) is 0 Å². The summed E-state index contributed by atoms with van der Waals surface area (Å²) in [6.45, 7) is 3.80. The molecule has 0 aromatic rings. The van der Waals surface area contributed by atoms with Crippen molar-refractivity contribution in [2.24, 2.45) is 0 Å². The molecule has 0 heterocycles. The van der Waals surface area contributed by atoms with E-state index in [0.717, 1.165) is 6.08 Å². The second kappa shape index (κ2) is 6.25. The molecule has 0 saturated carbocycles. The molecular formula is C6H10O4. The second-order valence-corrected chi connectivity index (χ2v) is 1.42. The number of carbonyl (C=O) groups is 1. The molecule has 0 atom stereocenters. The Morgan fingerprint density at radius 1 is 1.60 bits per heavy atom. The topological polar surface area (TPSA) is 44.8 Å². The number of methoxy groups -OCH3 is 1. The first-order valence-corrected chi connectivity index (χ1v) is 2.76. The molecule has 0 fully saturated rings. The van der Waals surface area contributed by atoms with Gasteiger partial charge in [0.25, 0.3) is 0 Å². The van der Waals surface area contributed by atoms with E-state index in [2.05, 4.69) is 21.1 Å². The molecule has 0 aromatic heterocycles. The number of ether oxygens (including phenoxy) is 1. The summed E-state index contributed by atoms with van der Waals surface area (Å²) in [6, 6.07) is 0. The molecule has 4 nitrogen and oxygen atoms in total. The lowest BCUT2D eigenvalue weighted by atomic mass is 10.7. The van der Waals surface area contributed by atoms with E-state index >= 15 is 0 Å². The highest BCUT2D eigenvalue weighted by molar-refractivity contribution is 5.80. The van der Waals surface area contributed by atoms with Crippen LogP contribution >= 0.6 is 0 Å². The minimum absolute atomic E-state index is 0.232.